The first-order valence-corrected chi connectivity index (χ1v) is 4.79. The Balaban J connectivity index is 2.73. The average Bonchev–Trinajstić information content (AvgIpc) is 2.61. The Labute approximate surface area is 99.4 Å². The molecule has 0 spiro atoms. The fraction of sp³-hybridized carbons (Fsp3) is 0.444. The zero-order valence-corrected chi connectivity index (χ0v) is 9.23. The maximum absolute atomic E-state index is 12.0. The van der Waals surface area contributed by atoms with Crippen molar-refractivity contribution in [2.75, 3.05) is 0 Å². The lowest BCUT2D eigenvalue weighted by Crippen LogP contribution is -2.48. The van der Waals surface area contributed by atoms with Gasteiger partial charge in [-0.1, -0.05) is 0 Å². The molecule has 2 N–H and O–H groups in total. The maximum Gasteiger partial charge on any atom is 0.471 e. The summed E-state index contributed by atoms with van der Waals surface area (Å²) in [5.74, 6) is -3.86. The van der Waals surface area contributed by atoms with E-state index in [0.29, 0.717) is 0 Å². The van der Waals surface area contributed by atoms with E-state index in [1.807, 2.05) is 0 Å². The number of aromatic nitrogens is 2. The van der Waals surface area contributed by atoms with Gasteiger partial charge in [-0.2, -0.15) is 18.3 Å². The monoisotopic (exact) mass is 265 g/mol. The summed E-state index contributed by atoms with van der Waals surface area (Å²) < 4.78 is 37.1. The van der Waals surface area contributed by atoms with Gasteiger partial charge in [0.15, 0.2) is 0 Å². The molecule has 0 aliphatic rings. The highest BCUT2D eigenvalue weighted by Gasteiger charge is 2.40. The molecule has 0 aromatic carbocycles. The molecule has 100 valence electrons. The van der Waals surface area contributed by atoms with Crippen molar-refractivity contribution in [2.24, 2.45) is 0 Å². The number of aliphatic carboxylic acids is 1. The van der Waals surface area contributed by atoms with Crippen LogP contribution in [-0.2, 0) is 16.1 Å². The van der Waals surface area contributed by atoms with Crippen molar-refractivity contribution in [1.82, 2.24) is 15.1 Å². The summed E-state index contributed by atoms with van der Waals surface area (Å²) in [7, 11) is 0. The van der Waals surface area contributed by atoms with Gasteiger partial charge in [-0.25, -0.2) is 4.79 Å². The third-order valence-electron chi connectivity index (χ3n) is 1.99. The molecular weight excluding hydrogens is 255 g/mol. The van der Waals surface area contributed by atoms with Crippen LogP contribution in [-0.4, -0.2) is 39.0 Å². The van der Waals surface area contributed by atoms with Crippen LogP contribution >= 0.6 is 0 Å². The van der Waals surface area contributed by atoms with Gasteiger partial charge < -0.3 is 10.4 Å². The second kappa shape index (κ2) is 5.07. The van der Waals surface area contributed by atoms with Crippen molar-refractivity contribution in [3.05, 3.63) is 18.0 Å². The van der Waals surface area contributed by atoms with Crippen LogP contribution in [0.1, 0.15) is 5.56 Å². The Morgan fingerprint density at radius 1 is 1.56 bits per heavy atom. The smallest absolute Gasteiger partial charge is 0.471 e. The van der Waals surface area contributed by atoms with Gasteiger partial charge in [0.1, 0.15) is 6.04 Å². The van der Waals surface area contributed by atoms with Crippen LogP contribution in [0.4, 0.5) is 13.2 Å². The van der Waals surface area contributed by atoms with E-state index >= 15 is 0 Å². The Bertz CT molecular complexity index is 455. The van der Waals surface area contributed by atoms with E-state index in [9.17, 15) is 22.8 Å². The number of halogens is 3. The summed E-state index contributed by atoms with van der Waals surface area (Å²) in [6, 6.07) is -1.70. The van der Waals surface area contributed by atoms with Crippen molar-refractivity contribution < 1.29 is 27.9 Å². The van der Waals surface area contributed by atoms with Crippen LogP contribution in [0.15, 0.2) is 12.4 Å². The number of rotatable bonds is 4. The molecule has 1 amide bonds. The molecule has 1 atom stereocenters. The first-order valence-electron chi connectivity index (χ1n) is 4.79. The summed E-state index contributed by atoms with van der Waals surface area (Å²) in [6.07, 6.45) is -2.24. The molecule has 0 saturated carbocycles. The minimum Gasteiger partial charge on any atom is -0.480 e. The van der Waals surface area contributed by atoms with Gasteiger partial charge in [0.05, 0.1) is 12.7 Å². The lowest BCUT2D eigenvalue weighted by atomic mass is 10.3. The van der Waals surface area contributed by atoms with Crippen molar-refractivity contribution in [1.29, 1.82) is 0 Å². The van der Waals surface area contributed by atoms with Gasteiger partial charge in [-0.3, -0.25) is 9.48 Å². The number of nitrogens with one attached hydrogen (secondary N) is 1. The Morgan fingerprint density at radius 2 is 2.17 bits per heavy atom. The van der Waals surface area contributed by atoms with Crippen LogP contribution in [0.3, 0.4) is 0 Å². The minimum atomic E-state index is -5.12. The first kappa shape index (κ1) is 14.0. The zero-order chi connectivity index (χ0) is 13.9. The molecule has 1 heterocycles. The van der Waals surface area contributed by atoms with Crippen LogP contribution in [0.5, 0.6) is 0 Å². The number of carboxylic acid groups (broad SMARTS) is 1. The fourth-order valence-corrected chi connectivity index (χ4v) is 1.18. The third-order valence-corrected chi connectivity index (χ3v) is 1.99. The Kier molecular flexibility index (Phi) is 3.94. The van der Waals surface area contributed by atoms with E-state index in [2.05, 4.69) is 5.10 Å². The first-order chi connectivity index (χ1) is 8.20. The molecule has 0 saturated heterocycles. The average molecular weight is 265 g/mol. The number of aryl methyl sites for hydroxylation is 1. The summed E-state index contributed by atoms with van der Waals surface area (Å²) in [5, 5.41) is 13.9. The van der Waals surface area contributed by atoms with Crippen LogP contribution in [0, 0.1) is 6.92 Å². The molecule has 1 aromatic rings. The number of amides is 1. The summed E-state index contributed by atoms with van der Waals surface area (Å²) >= 11 is 0. The highest BCUT2D eigenvalue weighted by atomic mass is 19.4. The summed E-state index contributed by atoms with van der Waals surface area (Å²) in [5.41, 5.74) is 0.723. The lowest BCUT2D eigenvalue weighted by molar-refractivity contribution is -0.175. The van der Waals surface area contributed by atoms with E-state index in [0.717, 1.165) is 10.2 Å². The summed E-state index contributed by atoms with van der Waals surface area (Å²) in [6.45, 7) is 1.30. The predicted molar refractivity (Wildman–Crippen MR) is 52.6 cm³/mol. The molecular formula is C9H10F3N3O3. The zero-order valence-electron chi connectivity index (χ0n) is 9.23. The van der Waals surface area contributed by atoms with Crippen molar-refractivity contribution in [2.45, 2.75) is 25.7 Å². The molecule has 0 bridgehead atoms. The number of carboxylic acids is 1. The van der Waals surface area contributed by atoms with Crippen molar-refractivity contribution in [3.8, 4) is 0 Å². The fourth-order valence-electron chi connectivity index (χ4n) is 1.18. The maximum atomic E-state index is 12.0. The topological polar surface area (TPSA) is 84.2 Å². The molecule has 0 radical (unpaired) electrons. The van der Waals surface area contributed by atoms with Crippen LogP contribution in [0.2, 0.25) is 0 Å². The van der Waals surface area contributed by atoms with Gasteiger partial charge in [0.2, 0.25) is 0 Å². The molecule has 9 heteroatoms. The molecule has 1 unspecified atom stereocenters. The number of carbonyl (C=O) groups excluding carboxylic acids is 1. The molecule has 18 heavy (non-hydrogen) atoms. The molecule has 6 nitrogen and oxygen atoms in total. The molecule has 1 aromatic heterocycles. The van der Waals surface area contributed by atoms with E-state index in [-0.39, 0.29) is 6.54 Å². The van der Waals surface area contributed by atoms with Crippen molar-refractivity contribution in [3.63, 3.8) is 0 Å². The van der Waals surface area contributed by atoms with Gasteiger partial charge in [0.25, 0.3) is 0 Å². The number of alkyl halides is 3. The molecule has 0 aliphatic heterocycles. The van der Waals surface area contributed by atoms with E-state index in [4.69, 9.17) is 5.11 Å². The van der Waals surface area contributed by atoms with E-state index in [1.54, 1.807) is 6.92 Å². The van der Waals surface area contributed by atoms with Crippen LogP contribution in [0.25, 0.3) is 0 Å². The Morgan fingerprint density at radius 3 is 2.56 bits per heavy atom. The highest BCUT2D eigenvalue weighted by molar-refractivity contribution is 5.86. The number of hydrogen-bond donors (Lipinski definition) is 2. The van der Waals surface area contributed by atoms with E-state index in [1.165, 1.54) is 17.7 Å². The second-order valence-corrected chi connectivity index (χ2v) is 3.60. The van der Waals surface area contributed by atoms with Gasteiger partial charge in [0, 0.05) is 6.20 Å². The van der Waals surface area contributed by atoms with Crippen LogP contribution < -0.4 is 5.32 Å². The normalized spacial score (nSPS) is 13.1. The molecule has 0 fully saturated rings. The largest absolute Gasteiger partial charge is 0.480 e. The minimum absolute atomic E-state index is 0.384. The number of carbonyl (C=O) groups is 2. The van der Waals surface area contributed by atoms with E-state index < -0.39 is 24.1 Å². The van der Waals surface area contributed by atoms with Gasteiger partial charge in [-0.15, -0.1) is 0 Å². The van der Waals surface area contributed by atoms with Crippen molar-refractivity contribution >= 4 is 11.9 Å². The molecule has 0 aliphatic carbocycles. The van der Waals surface area contributed by atoms with Gasteiger partial charge >= 0.3 is 18.1 Å². The SMILES string of the molecule is Cc1cnn(CC(NC(=O)C(F)(F)F)C(=O)O)c1. The summed E-state index contributed by atoms with van der Waals surface area (Å²) in [4.78, 5) is 21.4. The lowest BCUT2D eigenvalue weighted by Gasteiger charge is -2.15. The Hall–Kier alpha value is -2.06. The molecule has 1 rings (SSSR count). The predicted octanol–water partition coefficient (Wildman–Crippen LogP) is 0.323. The standard InChI is InChI=1S/C9H10F3N3O3/c1-5-2-13-15(3-5)4-6(7(16)17)14-8(18)9(10,11)12/h2-3,6H,4H2,1H3,(H,14,18)(H,16,17). The second-order valence-electron chi connectivity index (χ2n) is 3.60. The van der Waals surface area contributed by atoms with Gasteiger partial charge in [-0.05, 0) is 12.5 Å². The third kappa shape index (κ3) is 3.75. The highest BCUT2D eigenvalue weighted by Crippen LogP contribution is 2.14. The quantitative estimate of drug-likeness (QED) is 0.821. The number of hydrogen-bond acceptors (Lipinski definition) is 3. The number of nitrogens with zero attached hydrogens (tertiary/aromatic N) is 2.